The van der Waals surface area contributed by atoms with Crippen LogP contribution in [-0.2, 0) is 28.4 Å². The quantitative estimate of drug-likeness (QED) is 0.0470. The molecule has 9 heteroatoms. The molecule has 54 heavy (non-hydrogen) atoms. The van der Waals surface area contributed by atoms with E-state index < -0.39 is 11.9 Å². The van der Waals surface area contributed by atoms with Gasteiger partial charge in [0.2, 0.25) is 0 Å². The van der Waals surface area contributed by atoms with Crippen molar-refractivity contribution in [3.8, 4) is 0 Å². The number of carbonyl (C=O) groups excluding carboxylic acids is 1. The topological polar surface area (TPSA) is 96.5 Å². The van der Waals surface area contributed by atoms with Gasteiger partial charge in [0.05, 0.1) is 39.6 Å². The van der Waals surface area contributed by atoms with Gasteiger partial charge in [-0.05, 0) is 64.2 Å². The van der Waals surface area contributed by atoms with Crippen LogP contribution < -0.4 is 10.6 Å². The van der Waals surface area contributed by atoms with Crippen LogP contribution in [-0.4, -0.2) is 70.7 Å². The molecule has 0 spiro atoms. The van der Waals surface area contributed by atoms with Crippen molar-refractivity contribution in [3.05, 3.63) is 0 Å². The molecule has 0 aromatic carbocycles. The maximum absolute atomic E-state index is 12.1. The molecule has 0 aliphatic rings. The van der Waals surface area contributed by atoms with Crippen LogP contribution >= 0.6 is 0 Å². The lowest BCUT2D eigenvalue weighted by Gasteiger charge is -2.33. The molecule has 0 aliphatic carbocycles. The van der Waals surface area contributed by atoms with E-state index in [0.717, 1.165) is 90.1 Å². The predicted octanol–water partition coefficient (Wildman–Crippen LogP) is 12.7. The lowest BCUT2D eigenvalue weighted by molar-refractivity contribution is -0.384. The fourth-order valence-corrected chi connectivity index (χ4v) is 6.46. The first-order valence-corrected chi connectivity index (χ1v) is 23.3. The average molecular weight is 773 g/mol. The van der Waals surface area contributed by atoms with E-state index in [-0.39, 0.29) is 6.03 Å². The molecule has 0 saturated carbocycles. The van der Waals surface area contributed by atoms with E-state index in [4.69, 9.17) is 28.4 Å². The monoisotopic (exact) mass is 773 g/mol. The van der Waals surface area contributed by atoms with Gasteiger partial charge in [0.15, 0.2) is 0 Å². The smallest absolute Gasteiger partial charge is 0.314 e. The van der Waals surface area contributed by atoms with Gasteiger partial charge in [0, 0.05) is 25.9 Å². The first-order chi connectivity index (χ1) is 26.5. The minimum absolute atomic E-state index is 0.0129. The van der Waals surface area contributed by atoms with Crippen LogP contribution in [0.4, 0.5) is 4.79 Å². The van der Waals surface area contributed by atoms with Gasteiger partial charge in [0.1, 0.15) is 0 Å². The van der Waals surface area contributed by atoms with Crippen molar-refractivity contribution in [2.75, 3.05) is 52.7 Å². The summed E-state index contributed by atoms with van der Waals surface area (Å²) in [5, 5.41) is 6.07. The highest BCUT2D eigenvalue weighted by molar-refractivity contribution is 5.73. The van der Waals surface area contributed by atoms with Gasteiger partial charge in [-0.25, -0.2) is 4.79 Å². The normalized spacial score (nSPS) is 12.1. The third kappa shape index (κ3) is 32.2. The Balaban J connectivity index is 3.69. The highest BCUT2D eigenvalue weighted by Gasteiger charge is 2.33. The molecular formula is C45H92N2O7. The van der Waals surface area contributed by atoms with Gasteiger partial charge < -0.3 is 39.1 Å². The summed E-state index contributed by atoms with van der Waals surface area (Å²) in [5.74, 6) is -1.71. The SMILES string of the molecule is CCCOC(CCCCCCCCCCCCNC(=O)NCCCCCCCCCCCCC(OCCC)(OCCC)OCCC)(OCCC)OCCC. The third-order valence-corrected chi connectivity index (χ3v) is 9.55. The zero-order chi connectivity index (χ0) is 39.7. The molecule has 324 valence electrons. The van der Waals surface area contributed by atoms with E-state index in [1.165, 1.54) is 103 Å². The summed E-state index contributed by atoms with van der Waals surface area (Å²) in [6.45, 7) is 18.3. The zero-order valence-corrected chi connectivity index (χ0v) is 36.8. The van der Waals surface area contributed by atoms with Gasteiger partial charge in [-0.3, -0.25) is 0 Å². The number of ether oxygens (including phenoxy) is 6. The number of rotatable bonds is 44. The van der Waals surface area contributed by atoms with Crippen LogP contribution in [0.5, 0.6) is 0 Å². The number of urea groups is 1. The standard InChI is InChI=1S/C45H92N2O7/c1-7-37-49-44(50-38-8-2,51-39-9-3)33-29-25-21-17-13-15-19-23-27-31-35-46-43(48)47-36-32-28-24-20-16-14-18-22-26-30-34-45(52-40-10-4,53-41-11-5)54-42-12-6/h7-42H2,1-6H3,(H2,46,47,48). The highest BCUT2D eigenvalue weighted by atomic mass is 16.9. The average Bonchev–Trinajstić information content (AvgIpc) is 3.19. The van der Waals surface area contributed by atoms with Crippen LogP contribution in [0.25, 0.3) is 0 Å². The Kier molecular flexibility index (Phi) is 39.5. The number of hydrogen-bond donors (Lipinski definition) is 2. The molecule has 0 aromatic rings. The lowest BCUT2D eigenvalue weighted by atomic mass is 10.1. The summed E-state index contributed by atoms with van der Waals surface area (Å²) in [6, 6.07) is -0.0129. The minimum atomic E-state index is -0.853. The van der Waals surface area contributed by atoms with Gasteiger partial charge in [-0.1, -0.05) is 144 Å². The first-order valence-electron chi connectivity index (χ1n) is 23.3. The van der Waals surface area contributed by atoms with Crippen molar-refractivity contribution >= 4 is 6.03 Å². The Morgan fingerprint density at radius 3 is 0.759 bits per heavy atom. The molecule has 0 heterocycles. The first kappa shape index (κ1) is 53.0. The summed E-state index contributed by atoms with van der Waals surface area (Å²) in [6.07, 6.45) is 31.8. The molecule has 0 unspecified atom stereocenters. The zero-order valence-electron chi connectivity index (χ0n) is 36.8. The summed E-state index contributed by atoms with van der Waals surface area (Å²) < 4.78 is 36.5. The van der Waals surface area contributed by atoms with E-state index in [0.29, 0.717) is 39.6 Å². The largest absolute Gasteiger partial charge is 0.338 e. The molecule has 0 saturated heterocycles. The fourth-order valence-electron chi connectivity index (χ4n) is 6.46. The molecule has 2 amide bonds. The maximum atomic E-state index is 12.1. The Labute approximate surface area is 335 Å². The van der Waals surface area contributed by atoms with Gasteiger partial charge in [-0.15, -0.1) is 0 Å². The molecular weight excluding hydrogens is 681 g/mol. The summed E-state index contributed by atoms with van der Waals surface area (Å²) in [5.41, 5.74) is 0. The van der Waals surface area contributed by atoms with Gasteiger partial charge in [-0.2, -0.15) is 0 Å². The second-order valence-electron chi connectivity index (χ2n) is 15.2. The highest BCUT2D eigenvalue weighted by Crippen LogP contribution is 2.27. The molecule has 2 N–H and O–H groups in total. The second kappa shape index (κ2) is 40.2. The van der Waals surface area contributed by atoms with Crippen molar-refractivity contribution in [3.63, 3.8) is 0 Å². The number of hydrogen-bond acceptors (Lipinski definition) is 7. The van der Waals surface area contributed by atoms with E-state index in [1.807, 2.05) is 0 Å². The van der Waals surface area contributed by atoms with Crippen LogP contribution in [0.1, 0.15) is 221 Å². The van der Waals surface area contributed by atoms with Crippen LogP contribution in [0.2, 0.25) is 0 Å². The van der Waals surface area contributed by atoms with Crippen molar-refractivity contribution in [1.29, 1.82) is 0 Å². The van der Waals surface area contributed by atoms with E-state index >= 15 is 0 Å². The number of carbonyl (C=O) groups is 1. The van der Waals surface area contributed by atoms with Crippen LogP contribution in [0.15, 0.2) is 0 Å². The molecule has 0 aromatic heterocycles. The molecule has 0 fully saturated rings. The third-order valence-electron chi connectivity index (χ3n) is 9.55. The van der Waals surface area contributed by atoms with Crippen molar-refractivity contribution in [1.82, 2.24) is 10.6 Å². The Morgan fingerprint density at radius 2 is 0.537 bits per heavy atom. The van der Waals surface area contributed by atoms with E-state index in [1.54, 1.807) is 0 Å². The summed E-state index contributed by atoms with van der Waals surface area (Å²) in [7, 11) is 0. The summed E-state index contributed by atoms with van der Waals surface area (Å²) in [4.78, 5) is 12.1. The molecule has 0 radical (unpaired) electrons. The van der Waals surface area contributed by atoms with Gasteiger partial charge >= 0.3 is 6.03 Å². The lowest BCUT2D eigenvalue weighted by Crippen LogP contribution is -2.40. The Morgan fingerprint density at radius 1 is 0.333 bits per heavy atom. The molecule has 0 atom stereocenters. The predicted molar refractivity (Wildman–Crippen MR) is 226 cm³/mol. The van der Waals surface area contributed by atoms with E-state index in [2.05, 4.69) is 52.2 Å². The van der Waals surface area contributed by atoms with Crippen LogP contribution in [0.3, 0.4) is 0 Å². The molecule has 9 nitrogen and oxygen atoms in total. The minimum Gasteiger partial charge on any atom is -0.338 e. The fraction of sp³-hybridized carbons (Fsp3) is 0.978. The van der Waals surface area contributed by atoms with E-state index in [9.17, 15) is 4.79 Å². The van der Waals surface area contributed by atoms with Gasteiger partial charge in [0.25, 0.3) is 11.9 Å². The number of amides is 2. The summed E-state index contributed by atoms with van der Waals surface area (Å²) >= 11 is 0. The number of unbranched alkanes of at least 4 members (excludes halogenated alkanes) is 18. The molecule has 0 rings (SSSR count). The van der Waals surface area contributed by atoms with Crippen molar-refractivity contribution < 1.29 is 33.2 Å². The van der Waals surface area contributed by atoms with Crippen molar-refractivity contribution in [2.24, 2.45) is 0 Å². The molecule has 0 bridgehead atoms. The Bertz CT molecular complexity index is 669. The maximum Gasteiger partial charge on any atom is 0.314 e. The Hall–Kier alpha value is -0.970. The number of nitrogens with one attached hydrogen (secondary N) is 2. The van der Waals surface area contributed by atoms with Crippen molar-refractivity contribution in [2.45, 2.75) is 233 Å². The molecule has 0 aliphatic heterocycles. The second-order valence-corrected chi connectivity index (χ2v) is 15.2. The van der Waals surface area contributed by atoms with Crippen LogP contribution in [0, 0.1) is 0 Å².